The van der Waals surface area contributed by atoms with E-state index < -0.39 is 4.92 Å². The van der Waals surface area contributed by atoms with Crippen LogP contribution in [0, 0.1) is 10.1 Å². The SMILES string of the molecule is O=[N+]([O-])c1cnc(Cl)c(C=CCCO)c1. The summed E-state index contributed by atoms with van der Waals surface area (Å²) in [6.07, 6.45) is 4.84. The normalized spacial score (nSPS) is 10.8. The van der Waals surface area contributed by atoms with Gasteiger partial charge in [-0.2, -0.15) is 0 Å². The Bertz CT molecular complexity index is 393. The number of aliphatic hydroxyl groups is 1. The molecule has 1 N–H and O–H groups in total. The molecule has 0 atom stereocenters. The summed E-state index contributed by atoms with van der Waals surface area (Å²) in [5.41, 5.74) is 0.363. The first-order chi connectivity index (χ1) is 7.15. The second-order valence-electron chi connectivity index (χ2n) is 2.75. The number of pyridine rings is 1. The van der Waals surface area contributed by atoms with E-state index in [0.717, 1.165) is 6.20 Å². The van der Waals surface area contributed by atoms with E-state index in [-0.39, 0.29) is 17.4 Å². The maximum absolute atomic E-state index is 10.5. The average Bonchev–Trinajstić information content (AvgIpc) is 2.20. The molecule has 0 radical (unpaired) electrons. The van der Waals surface area contributed by atoms with Gasteiger partial charge in [0.2, 0.25) is 0 Å². The number of nitrogens with zero attached hydrogens (tertiary/aromatic N) is 2. The summed E-state index contributed by atoms with van der Waals surface area (Å²) in [4.78, 5) is 13.6. The van der Waals surface area contributed by atoms with Gasteiger partial charge in [0.05, 0.1) is 4.92 Å². The number of nitro groups is 1. The van der Waals surface area contributed by atoms with Crippen molar-refractivity contribution in [2.45, 2.75) is 6.42 Å². The molecule has 0 spiro atoms. The second-order valence-corrected chi connectivity index (χ2v) is 3.10. The molecule has 1 aromatic heterocycles. The summed E-state index contributed by atoms with van der Waals surface area (Å²) in [7, 11) is 0. The van der Waals surface area contributed by atoms with Crippen LogP contribution in [0.25, 0.3) is 6.08 Å². The molecule has 15 heavy (non-hydrogen) atoms. The van der Waals surface area contributed by atoms with Crippen molar-refractivity contribution in [2.75, 3.05) is 6.61 Å². The third-order valence-corrected chi connectivity index (χ3v) is 1.97. The van der Waals surface area contributed by atoms with Crippen molar-refractivity contribution in [3.8, 4) is 0 Å². The molecular formula is C9H9ClN2O3. The molecule has 0 unspecified atom stereocenters. The van der Waals surface area contributed by atoms with Crippen LogP contribution in [0.1, 0.15) is 12.0 Å². The molecule has 0 bridgehead atoms. The summed E-state index contributed by atoms with van der Waals surface area (Å²) in [6.45, 7) is 0.0243. The zero-order valence-electron chi connectivity index (χ0n) is 7.76. The highest BCUT2D eigenvalue weighted by molar-refractivity contribution is 6.30. The van der Waals surface area contributed by atoms with Gasteiger partial charge in [-0.3, -0.25) is 10.1 Å². The largest absolute Gasteiger partial charge is 0.396 e. The van der Waals surface area contributed by atoms with Crippen LogP contribution in [0.5, 0.6) is 0 Å². The Labute approximate surface area is 91.2 Å². The minimum absolute atomic E-state index is 0.0243. The van der Waals surface area contributed by atoms with E-state index in [0.29, 0.717) is 12.0 Å². The van der Waals surface area contributed by atoms with Crippen LogP contribution in [0.3, 0.4) is 0 Å². The van der Waals surface area contributed by atoms with Crippen molar-refractivity contribution >= 4 is 23.4 Å². The van der Waals surface area contributed by atoms with E-state index in [9.17, 15) is 10.1 Å². The predicted molar refractivity (Wildman–Crippen MR) is 56.6 cm³/mol. The molecule has 0 aliphatic carbocycles. The van der Waals surface area contributed by atoms with Gasteiger partial charge in [-0.1, -0.05) is 23.8 Å². The van der Waals surface area contributed by atoms with Gasteiger partial charge in [0.25, 0.3) is 5.69 Å². The lowest BCUT2D eigenvalue weighted by Gasteiger charge is -1.97. The average molecular weight is 229 g/mol. The summed E-state index contributed by atoms with van der Waals surface area (Å²) in [5, 5.41) is 19.2. The van der Waals surface area contributed by atoms with E-state index in [4.69, 9.17) is 16.7 Å². The number of halogens is 1. The number of aromatic nitrogens is 1. The maximum Gasteiger partial charge on any atom is 0.288 e. The fourth-order valence-corrected chi connectivity index (χ4v) is 1.12. The Hall–Kier alpha value is -1.46. The van der Waals surface area contributed by atoms with Crippen LogP contribution in [-0.4, -0.2) is 21.6 Å². The molecule has 0 saturated heterocycles. The highest BCUT2D eigenvalue weighted by atomic mass is 35.5. The maximum atomic E-state index is 10.5. The zero-order valence-corrected chi connectivity index (χ0v) is 8.52. The van der Waals surface area contributed by atoms with E-state index in [2.05, 4.69) is 4.98 Å². The number of hydrogen-bond donors (Lipinski definition) is 1. The van der Waals surface area contributed by atoms with Gasteiger partial charge in [0.1, 0.15) is 11.3 Å². The second kappa shape index (κ2) is 5.43. The molecule has 6 heteroatoms. The molecule has 0 aromatic carbocycles. The van der Waals surface area contributed by atoms with E-state index in [1.165, 1.54) is 6.07 Å². The van der Waals surface area contributed by atoms with Crippen LogP contribution in [0.15, 0.2) is 18.3 Å². The highest BCUT2D eigenvalue weighted by Gasteiger charge is 2.08. The lowest BCUT2D eigenvalue weighted by Crippen LogP contribution is -1.91. The summed E-state index contributed by atoms with van der Waals surface area (Å²) in [5.74, 6) is 0. The monoisotopic (exact) mass is 228 g/mol. The van der Waals surface area contributed by atoms with Crippen molar-refractivity contribution in [2.24, 2.45) is 0 Å². The predicted octanol–water partition coefficient (Wildman–Crippen LogP) is 2.04. The molecule has 1 aromatic rings. The van der Waals surface area contributed by atoms with Gasteiger partial charge in [-0.15, -0.1) is 0 Å². The topological polar surface area (TPSA) is 76.3 Å². The third-order valence-electron chi connectivity index (χ3n) is 1.66. The fourth-order valence-electron chi connectivity index (χ4n) is 0.955. The van der Waals surface area contributed by atoms with Crippen LogP contribution in [-0.2, 0) is 0 Å². The van der Waals surface area contributed by atoms with Crippen molar-refractivity contribution in [1.82, 2.24) is 4.98 Å². The Balaban J connectivity index is 2.95. The number of aliphatic hydroxyl groups excluding tert-OH is 1. The first-order valence-electron chi connectivity index (χ1n) is 4.22. The van der Waals surface area contributed by atoms with Crippen molar-refractivity contribution < 1.29 is 10.0 Å². The van der Waals surface area contributed by atoms with Gasteiger partial charge in [0, 0.05) is 18.2 Å². The smallest absolute Gasteiger partial charge is 0.288 e. The van der Waals surface area contributed by atoms with Crippen LogP contribution in [0.2, 0.25) is 5.15 Å². The first kappa shape index (κ1) is 11.6. The number of rotatable bonds is 4. The minimum atomic E-state index is -0.535. The quantitative estimate of drug-likeness (QED) is 0.486. The lowest BCUT2D eigenvalue weighted by molar-refractivity contribution is -0.385. The fraction of sp³-hybridized carbons (Fsp3) is 0.222. The van der Waals surface area contributed by atoms with Gasteiger partial charge >= 0.3 is 0 Å². The van der Waals surface area contributed by atoms with Crippen LogP contribution < -0.4 is 0 Å². The Morgan fingerprint density at radius 1 is 1.67 bits per heavy atom. The van der Waals surface area contributed by atoms with Crippen molar-refractivity contribution in [1.29, 1.82) is 0 Å². The van der Waals surface area contributed by atoms with E-state index in [1.807, 2.05) is 0 Å². The van der Waals surface area contributed by atoms with Gasteiger partial charge < -0.3 is 5.11 Å². The summed E-state index contributed by atoms with van der Waals surface area (Å²) in [6, 6.07) is 1.34. The molecule has 5 nitrogen and oxygen atoms in total. The first-order valence-corrected chi connectivity index (χ1v) is 4.60. The van der Waals surface area contributed by atoms with Crippen LogP contribution >= 0.6 is 11.6 Å². The molecule has 0 aliphatic rings. The van der Waals surface area contributed by atoms with Gasteiger partial charge in [0.15, 0.2) is 0 Å². The van der Waals surface area contributed by atoms with Gasteiger partial charge in [-0.25, -0.2) is 4.98 Å². The highest BCUT2D eigenvalue weighted by Crippen LogP contribution is 2.20. The summed E-state index contributed by atoms with van der Waals surface area (Å²) >= 11 is 5.73. The molecular weight excluding hydrogens is 220 g/mol. The zero-order chi connectivity index (χ0) is 11.3. The van der Waals surface area contributed by atoms with Gasteiger partial charge in [-0.05, 0) is 6.42 Å². The molecule has 0 aliphatic heterocycles. The molecule has 0 fully saturated rings. The molecule has 1 rings (SSSR count). The lowest BCUT2D eigenvalue weighted by atomic mass is 10.2. The van der Waals surface area contributed by atoms with Crippen molar-refractivity contribution in [3.63, 3.8) is 0 Å². The van der Waals surface area contributed by atoms with Crippen LogP contribution in [0.4, 0.5) is 5.69 Å². The standard InChI is InChI=1S/C9H9ClN2O3/c10-9-7(3-1-2-4-13)5-8(6-11-9)12(14)15/h1,3,5-6,13H,2,4H2. The molecule has 80 valence electrons. The summed E-state index contributed by atoms with van der Waals surface area (Å²) < 4.78 is 0. The molecule has 0 amide bonds. The Morgan fingerprint density at radius 2 is 2.40 bits per heavy atom. The third kappa shape index (κ3) is 3.30. The van der Waals surface area contributed by atoms with E-state index in [1.54, 1.807) is 12.2 Å². The Morgan fingerprint density at radius 3 is 3.00 bits per heavy atom. The number of hydrogen-bond acceptors (Lipinski definition) is 4. The van der Waals surface area contributed by atoms with E-state index >= 15 is 0 Å². The minimum Gasteiger partial charge on any atom is -0.396 e. The van der Waals surface area contributed by atoms with Crippen molar-refractivity contribution in [3.05, 3.63) is 39.2 Å². The molecule has 0 saturated carbocycles. The molecule has 1 heterocycles. The Kier molecular flexibility index (Phi) is 4.20.